The predicted octanol–water partition coefficient (Wildman–Crippen LogP) is 3.46. The Morgan fingerprint density at radius 3 is 2.40 bits per heavy atom. The van der Waals surface area contributed by atoms with Crippen LogP contribution < -0.4 is 15.9 Å². The molecule has 1 amide bonds. The van der Waals surface area contributed by atoms with E-state index >= 15 is 0 Å². The van der Waals surface area contributed by atoms with Gasteiger partial charge in [0.25, 0.3) is 0 Å². The lowest BCUT2D eigenvalue weighted by Gasteiger charge is -2.09. The molecule has 0 unspecified atom stereocenters. The molecule has 0 aliphatic rings. The molecule has 0 spiro atoms. The zero-order chi connectivity index (χ0) is 21.7. The molecule has 3 rings (SSSR count). The van der Waals surface area contributed by atoms with E-state index in [4.69, 9.17) is 10.6 Å². The third kappa shape index (κ3) is 5.63. The summed E-state index contributed by atoms with van der Waals surface area (Å²) in [5.74, 6) is 5.65. The molecule has 0 aliphatic heterocycles. The summed E-state index contributed by atoms with van der Waals surface area (Å²) in [6, 6.07) is 9.50. The van der Waals surface area contributed by atoms with E-state index in [9.17, 15) is 22.4 Å². The van der Waals surface area contributed by atoms with E-state index in [1.165, 1.54) is 36.4 Å². The molecule has 1 aromatic heterocycles. The fraction of sp³-hybridized carbons (Fsp3) is 0.167. The Bertz CT molecular complexity index is 1010. The van der Waals surface area contributed by atoms with Crippen molar-refractivity contribution in [2.45, 2.75) is 17.9 Å². The van der Waals surface area contributed by atoms with Crippen LogP contribution in [0.5, 0.6) is 5.75 Å². The number of nitrogens with two attached hydrogens (primary N) is 1. The normalized spacial score (nSPS) is 11.3. The fourth-order valence-corrected chi connectivity index (χ4v) is 2.93. The maximum absolute atomic E-state index is 12.9. The second kappa shape index (κ2) is 9.03. The summed E-state index contributed by atoms with van der Waals surface area (Å²) in [6.07, 6.45) is -4.44. The smallest absolute Gasteiger partial charge is 0.416 e. The molecule has 0 atom stereocenters. The highest BCUT2D eigenvalue weighted by Gasteiger charge is 2.30. The Morgan fingerprint density at radius 1 is 1.10 bits per heavy atom. The number of anilines is 1. The number of amides is 1. The third-order valence-electron chi connectivity index (χ3n) is 3.75. The van der Waals surface area contributed by atoms with Crippen molar-refractivity contribution < 1.29 is 27.1 Å². The number of halogens is 4. The number of hydrogen-bond donors (Lipinski definition) is 2. The molecule has 0 saturated carbocycles. The SMILES string of the molecule is Nn1c(COc2ccc(F)cc2)nnc1SCC(=O)Nc1ccc(C(F)(F)F)cc1. The van der Waals surface area contributed by atoms with E-state index in [0.717, 1.165) is 28.6 Å². The van der Waals surface area contributed by atoms with Gasteiger partial charge in [0.1, 0.15) is 18.2 Å². The Morgan fingerprint density at radius 2 is 1.77 bits per heavy atom. The van der Waals surface area contributed by atoms with Crippen LogP contribution >= 0.6 is 11.8 Å². The molecule has 7 nitrogen and oxygen atoms in total. The van der Waals surface area contributed by atoms with Crippen LogP contribution in [-0.2, 0) is 17.6 Å². The Kier molecular flexibility index (Phi) is 6.45. The number of hydrogen-bond acceptors (Lipinski definition) is 6. The van der Waals surface area contributed by atoms with E-state index in [1.807, 2.05) is 0 Å². The first-order valence-electron chi connectivity index (χ1n) is 8.40. The largest absolute Gasteiger partial charge is 0.486 e. The standard InChI is InChI=1S/C18H15F4N5O2S/c19-12-3-7-14(8-4-12)29-9-15-25-26-17(27(15)23)30-10-16(28)24-13-5-1-11(2-6-13)18(20,21)22/h1-8H,9-10,23H2,(H,24,28). The first-order chi connectivity index (χ1) is 14.2. The lowest BCUT2D eigenvalue weighted by Crippen LogP contribution is -2.18. The zero-order valence-corrected chi connectivity index (χ0v) is 16.0. The highest BCUT2D eigenvalue weighted by atomic mass is 32.2. The van der Waals surface area contributed by atoms with E-state index in [2.05, 4.69) is 15.5 Å². The van der Waals surface area contributed by atoms with Crippen LogP contribution in [-0.4, -0.2) is 26.5 Å². The lowest BCUT2D eigenvalue weighted by molar-refractivity contribution is -0.137. The first kappa shape index (κ1) is 21.4. The molecule has 2 aromatic carbocycles. The summed E-state index contributed by atoms with van der Waals surface area (Å²) in [7, 11) is 0. The number of carbonyl (C=O) groups is 1. The number of nitrogens with zero attached hydrogens (tertiary/aromatic N) is 3. The molecule has 30 heavy (non-hydrogen) atoms. The van der Waals surface area contributed by atoms with Gasteiger partial charge in [0.2, 0.25) is 11.1 Å². The molecule has 0 aliphatic carbocycles. The van der Waals surface area contributed by atoms with Gasteiger partial charge >= 0.3 is 6.18 Å². The molecule has 3 N–H and O–H groups in total. The minimum atomic E-state index is -4.44. The van der Waals surface area contributed by atoms with Crippen molar-refractivity contribution in [1.29, 1.82) is 0 Å². The molecule has 0 fully saturated rings. The van der Waals surface area contributed by atoms with Gasteiger partial charge in [0, 0.05) is 5.69 Å². The van der Waals surface area contributed by atoms with E-state index in [1.54, 1.807) is 0 Å². The molecular weight excluding hydrogens is 426 g/mol. The van der Waals surface area contributed by atoms with Crippen molar-refractivity contribution >= 4 is 23.4 Å². The van der Waals surface area contributed by atoms with Crippen molar-refractivity contribution in [3.05, 3.63) is 65.7 Å². The minimum Gasteiger partial charge on any atom is -0.486 e. The third-order valence-corrected chi connectivity index (χ3v) is 4.69. The maximum atomic E-state index is 12.9. The van der Waals surface area contributed by atoms with Gasteiger partial charge in [-0.3, -0.25) is 4.79 Å². The van der Waals surface area contributed by atoms with Gasteiger partial charge in [-0.15, -0.1) is 10.2 Å². The van der Waals surface area contributed by atoms with Gasteiger partial charge in [-0.25, -0.2) is 9.07 Å². The van der Waals surface area contributed by atoms with Gasteiger partial charge in [0.15, 0.2) is 5.82 Å². The molecule has 0 saturated heterocycles. The minimum absolute atomic E-state index is 0.0204. The quantitative estimate of drug-likeness (QED) is 0.331. The number of rotatable bonds is 7. The van der Waals surface area contributed by atoms with E-state index in [-0.39, 0.29) is 29.0 Å². The van der Waals surface area contributed by atoms with Gasteiger partial charge < -0.3 is 15.9 Å². The van der Waals surface area contributed by atoms with Crippen LogP contribution in [0, 0.1) is 5.82 Å². The zero-order valence-electron chi connectivity index (χ0n) is 15.2. The predicted molar refractivity (Wildman–Crippen MR) is 102 cm³/mol. The number of nitrogen functional groups attached to an aromatic ring is 1. The Labute approximate surface area is 172 Å². The summed E-state index contributed by atoms with van der Waals surface area (Å²) in [4.78, 5) is 12.0. The molecule has 0 radical (unpaired) electrons. The summed E-state index contributed by atoms with van der Waals surface area (Å²) in [6.45, 7) is -0.0204. The van der Waals surface area contributed by atoms with Crippen molar-refractivity contribution in [3.8, 4) is 5.75 Å². The summed E-state index contributed by atoms with van der Waals surface area (Å²) in [5, 5.41) is 10.5. The van der Waals surface area contributed by atoms with Crippen LogP contribution in [0.4, 0.5) is 23.2 Å². The Hall–Kier alpha value is -3.28. The van der Waals surface area contributed by atoms with Crippen LogP contribution in [0.2, 0.25) is 0 Å². The van der Waals surface area contributed by atoms with Crippen LogP contribution in [0.3, 0.4) is 0 Å². The van der Waals surface area contributed by atoms with Crippen molar-refractivity contribution in [1.82, 2.24) is 14.9 Å². The summed E-state index contributed by atoms with van der Waals surface area (Å²) < 4.78 is 57.1. The number of carbonyl (C=O) groups excluding carboxylic acids is 1. The number of thioether (sulfide) groups is 1. The number of aromatic nitrogens is 3. The van der Waals surface area contributed by atoms with E-state index in [0.29, 0.717) is 5.75 Å². The number of ether oxygens (including phenoxy) is 1. The van der Waals surface area contributed by atoms with Gasteiger partial charge in [-0.05, 0) is 48.5 Å². The number of alkyl halides is 3. The van der Waals surface area contributed by atoms with Gasteiger partial charge in [-0.1, -0.05) is 11.8 Å². The number of benzene rings is 2. The molecule has 1 heterocycles. The molecular formula is C18H15F4N5O2S. The molecule has 3 aromatic rings. The lowest BCUT2D eigenvalue weighted by atomic mass is 10.2. The maximum Gasteiger partial charge on any atom is 0.416 e. The second-order valence-electron chi connectivity index (χ2n) is 5.92. The van der Waals surface area contributed by atoms with Crippen LogP contribution in [0.25, 0.3) is 0 Å². The molecule has 12 heteroatoms. The topological polar surface area (TPSA) is 95.1 Å². The molecule has 158 valence electrons. The van der Waals surface area contributed by atoms with Crippen molar-refractivity contribution in [2.75, 3.05) is 16.9 Å². The average molecular weight is 441 g/mol. The average Bonchev–Trinajstić information content (AvgIpc) is 3.05. The van der Waals surface area contributed by atoms with Gasteiger partial charge in [-0.2, -0.15) is 13.2 Å². The van der Waals surface area contributed by atoms with Crippen LogP contribution in [0.15, 0.2) is 53.7 Å². The van der Waals surface area contributed by atoms with Crippen molar-refractivity contribution in [3.63, 3.8) is 0 Å². The van der Waals surface area contributed by atoms with Crippen molar-refractivity contribution in [2.24, 2.45) is 0 Å². The highest BCUT2D eigenvalue weighted by Crippen LogP contribution is 2.29. The van der Waals surface area contributed by atoms with Crippen LogP contribution in [0.1, 0.15) is 11.4 Å². The highest BCUT2D eigenvalue weighted by molar-refractivity contribution is 7.99. The van der Waals surface area contributed by atoms with E-state index < -0.39 is 23.5 Å². The Balaban J connectivity index is 1.50. The fourth-order valence-electron chi connectivity index (χ4n) is 2.25. The monoisotopic (exact) mass is 441 g/mol. The van der Waals surface area contributed by atoms with Gasteiger partial charge in [0.05, 0.1) is 11.3 Å². The first-order valence-corrected chi connectivity index (χ1v) is 9.38. The molecule has 0 bridgehead atoms. The number of nitrogens with one attached hydrogen (secondary N) is 1. The summed E-state index contributed by atoms with van der Waals surface area (Å²) in [5.41, 5.74) is -0.572. The second-order valence-corrected chi connectivity index (χ2v) is 6.87. The summed E-state index contributed by atoms with van der Waals surface area (Å²) >= 11 is 0.993.